The number of carbonyl (C=O) groups is 1. The molecule has 0 bridgehead atoms. The molecule has 1 aliphatic rings. The molecule has 0 radical (unpaired) electrons. The van der Waals surface area contributed by atoms with Crippen LogP contribution in [-0.4, -0.2) is 28.9 Å². The molecule has 0 unspecified atom stereocenters. The molecule has 4 nitrogen and oxygen atoms in total. The Hall–Kier alpha value is -1.72. The van der Waals surface area contributed by atoms with Crippen LogP contribution in [0.2, 0.25) is 0 Å². The van der Waals surface area contributed by atoms with Crippen molar-refractivity contribution in [3.05, 3.63) is 45.4 Å². The van der Waals surface area contributed by atoms with E-state index in [0.717, 1.165) is 46.5 Å². The van der Waals surface area contributed by atoms with E-state index in [1.807, 2.05) is 38.1 Å². The van der Waals surface area contributed by atoms with Crippen LogP contribution in [-0.2, 0) is 6.54 Å². The number of hydrogen-bond donors (Lipinski definition) is 1. The molecular weight excluding hydrogens is 294 g/mol. The van der Waals surface area contributed by atoms with Gasteiger partial charge < -0.3 is 5.32 Å². The normalized spacial score (nSPS) is 15.2. The maximum atomic E-state index is 12.4. The third kappa shape index (κ3) is 3.54. The van der Waals surface area contributed by atoms with E-state index in [1.165, 1.54) is 24.2 Å². The average Bonchev–Trinajstić information content (AvgIpc) is 3.09. The number of benzene rings is 1. The molecule has 0 spiro atoms. The molecule has 3 rings (SSSR count). The van der Waals surface area contributed by atoms with Crippen molar-refractivity contribution in [3.8, 4) is 0 Å². The van der Waals surface area contributed by atoms with E-state index in [0.29, 0.717) is 0 Å². The molecule has 1 amide bonds. The Morgan fingerprint density at radius 2 is 2.09 bits per heavy atom. The van der Waals surface area contributed by atoms with Crippen LogP contribution in [0.1, 0.15) is 38.8 Å². The van der Waals surface area contributed by atoms with Gasteiger partial charge in [-0.2, -0.15) is 0 Å². The van der Waals surface area contributed by atoms with Crippen molar-refractivity contribution in [3.63, 3.8) is 0 Å². The Bertz CT molecular complexity index is 674. The number of nitrogens with zero attached hydrogens (tertiary/aromatic N) is 2. The largest absolute Gasteiger partial charge is 0.321 e. The molecule has 116 valence electrons. The first-order chi connectivity index (χ1) is 10.6. The summed E-state index contributed by atoms with van der Waals surface area (Å²) in [5.41, 5.74) is 2.79. The zero-order valence-corrected chi connectivity index (χ0v) is 13.9. The summed E-state index contributed by atoms with van der Waals surface area (Å²) < 4.78 is 0. The molecule has 2 aromatic rings. The van der Waals surface area contributed by atoms with Crippen molar-refractivity contribution in [2.45, 2.75) is 33.2 Å². The summed E-state index contributed by atoms with van der Waals surface area (Å²) in [7, 11) is 0. The van der Waals surface area contributed by atoms with Crippen LogP contribution in [0.25, 0.3) is 0 Å². The number of thiazole rings is 1. The molecule has 0 aliphatic carbocycles. The fraction of sp³-hybridized carbons (Fsp3) is 0.412. The summed E-state index contributed by atoms with van der Waals surface area (Å²) in [4.78, 5) is 20.1. The number of likely N-dealkylation sites (tertiary alicyclic amines) is 1. The minimum absolute atomic E-state index is 0.0618. The van der Waals surface area contributed by atoms with Gasteiger partial charge in [0, 0.05) is 5.69 Å². The molecule has 1 saturated heterocycles. The van der Waals surface area contributed by atoms with Gasteiger partial charge in [0.15, 0.2) is 0 Å². The monoisotopic (exact) mass is 315 g/mol. The highest BCUT2D eigenvalue weighted by molar-refractivity contribution is 7.13. The molecular formula is C17H21N3OS. The molecule has 1 aromatic heterocycles. The third-order valence-electron chi connectivity index (χ3n) is 3.88. The Morgan fingerprint density at radius 1 is 1.32 bits per heavy atom. The fourth-order valence-electron chi connectivity index (χ4n) is 2.77. The van der Waals surface area contributed by atoms with Gasteiger partial charge in [-0.05, 0) is 57.5 Å². The van der Waals surface area contributed by atoms with Crippen molar-refractivity contribution in [1.82, 2.24) is 9.88 Å². The number of rotatable bonds is 4. The highest BCUT2D eigenvalue weighted by atomic mass is 32.1. The summed E-state index contributed by atoms with van der Waals surface area (Å²) in [6.07, 6.45) is 2.54. The number of hydrogen-bond acceptors (Lipinski definition) is 4. The lowest BCUT2D eigenvalue weighted by Gasteiger charge is -2.11. The lowest BCUT2D eigenvalue weighted by molar-refractivity contribution is 0.103. The van der Waals surface area contributed by atoms with Crippen molar-refractivity contribution < 1.29 is 4.79 Å². The Kier molecular flexibility index (Phi) is 4.55. The number of amides is 1. The van der Waals surface area contributed by atoms with Gasteiger partial charge in [-0.1, -0.05) is 12.1 Å². The Balaban J connectivity index is 1.70. The lowest BCUT2D eigenvalue weighted by atomic mass is 10.2. The topological polar surface area (TPSA) is 45.2 Å². The number of aromatic nitrogens is 1. The summed E-state index contributed by atoms with van der Waals surface area (Å²) in [6.45, 7) is 7.08. The predicted molar refractivity (Wildman–Crippen MR) is 90.5 cm³/mol. The van der Waals surface area contributed by atoms with Crippen LogP contribution < -0.4 is 5.32 Å². The molecule has 22 heavy (non-hydrogen) atoms. The zero-order chi connectivity index (χ0) is 15.5. The van der Waals surface area contributed by atoms with Crippen molar-refractivity contribution in [2.24, 2.45) is 0 Å². The van der Waals surface area contributed by atoms with E-state index in [4.69, 9.17) is 0 Å². The molecule has 5 heteroatoms. The van der Waals surface area contributed by atoms with Crippen LogP contribution >= 0.6 is 11.3 Å². The minimum atomic E-state index is -0.0618. The SMILES string of the molecule is Cc1cccc(NC(=O)c2sc(CN3CCCC3)nc2C)c1. The maximum Gasteiger partial charge on any atom is 0.267 e. The zero-order valence-electron chi connectivity index (χ0n) is 13.1. The van der Waals surface area contributed by atoms with Crippen LogP contribution in [0.3, 0.4) is 0 Å². The molecule has 0 saturated carbocycles. The van der Waals surface area contributed by atoms with E-state index >= 15 is 0 Å². The van der Waals surface area contributed by atoms with E-state index in [1.54, 1.807) is 0 Å². The number of carbonyl (C=O) groups excluding carboxylic acids is 1. The van der Waals surface area contributed by atoms with Crippen molar-refractivity contribution in [2.75, 3.05) is 18.4 Å². The second kappa shape index (κ2) is 6.58. The van der Waals surface area contributed by atoms with Gasteiger partial charge in [-0.15, -0.1) is 11.3 Å². The molecule has 1 N–H and O–H groups in total. The fourth-order valence-corrected chi connectivity index (χ4v) is 3.78. The summed E-state index contributed by atoms with van der Waals surface area (Å²) >= 11 is 1.51. The second-order valence-corrected chi connectivity index (χ2v) is 6.91. The van der Waals surface area contributed by atoms with Gasteiger partial charge in [0.05, 0.1) is 12.2 Å². The first-order valence-corrected chi connectivity index (χ1v) is 8.50. The minimum Gasteiger partial charge on any atom is -0.321 e. The van der Waals surface area contributed by atoms with Gasteiger partial charge in [0.2, 0.25) is 0 Å². The van der Waals surface area contributed by atoms with E-state index in [-0.39, 0.29) is 5.91 Å². The second-order valence-electron chi connectivity index (χ2n) is 5.83. The van der Waals surface area contributed by atoms with E-state index in [9.17, 15) is 4.79 Å². The van der Waals surface area contributed by atoms with Crippen LogP contribution in [0.15, 0.2) is 24.3 Å². The lowest BCUT2D eigenvalue weighted by Crippen LogP contribution is -2.18. The third-order valence-corrected chi connectivity index (χ3v) is 5.02. The van der Waals surface area contributed by atoms with Gasteiger partial charge >= 0.3 is 0 Å². The van der Waals surface area contributed by atoms with Crippen molar-refractivity contribution >= 4 is 22.9 Å². The van der Waals surface area contributed by atoms with Crippen LogP contribution in [0.4, 0.5) is 5.69 Å². The predicted octanol–water partition coefficient (Wildman–Crippen LogP) is 3.61. The summed E-state index contributed by atoms with van der Waals surface area (Å²) in [5, 5.41) is 4.00. The van der Waals surface area contributed by atoms with Crippen LogP contribution in [0, 0.1) is 13.8 Å². The highest BCUT2D eigenvalue weighted by Crippen LogP contribution is 2.22. The number of nitrogens with one attached hydrogen (secondary N) is 1. The number of aryl methyl sites for hydroxylation is 2. The smallest absolute Gasteiger partial charge is 0.267 e. The quantitative estimate of drug-likeness (QED) is 0.937. The highest BCUT2D eigenvalue weighted by Gasteiger charge is 2.18. The van der Waals surface area contributed by atoms with Gasteiger partial charge in [-0.25, -0.2) is 4.98 Å². The standard InChI is InChI=1S/C17H21N3OS/c1-12-6-5-7-14(10-12)19-17(21)16-13(2)18-15(22-16)11-20-8-3-4-9-20/h5-7,10H,3-4,8-9,11H2,1-2H3,(H,19,21). The Labute approximate surface area is 135 Å². The van der Waals surface area contributed by atoms with E-state index in [2.05, 4.69) is 15.2 Å². The first-order valence-electron chi connectivity index (χ1n) is 7.68. The van der Waals surface area contributed by atoms with E-state index < -0.39 is 0 Å². The Morgan fingerprint density at radius 3 is 2.82 bits per heavy atom. The van der Waals surface area contributed by atoms with Gasteiger partial charge in [-0.3, -0.25) is 9.69 Å². The molecule has 1 aliphatic heterocycles. The summed E-state index contributed by atoms with van der Waals surface area (Å²) in [5.74, 6) is -0.0618. The average molecular weight is 315 g/mol. The molecule has 0 atom stereocenters. The molecule has 1 fully saturated rings. The first kappa shape index (κ1) is 15.2. The van der Waals surface area contributed by atoms with Crippen molar-refractivity contribution in [1.29, 1.82) is 0 Å². The van der Waals surface area contributed by atoms with Gasteiger partial charge in [0.1, 0.15) is 9.88 Å². The number of anilines is 1. The summed E-state index contributed by atoms with van der Waals surface area (Å²) in [6, 6.07) is 7.84. The van der Waals surface area contributed by atoms with Gasteiger partial charge in [0.25, 0.3) is 5.91 Å². The van der Waals surface area contributed by atoms with Crippen LogP contribution in [0.5, 0.6) is 0 Å². The molecule has 1 aromatic carbocycles. The maximum absolute atomic E-state index is 12.4. The molecule has 2 heterocycles.